The predicted molar refractivity (Wildman–Crippen MR) is 128 cm³/mol. The molecule has 1 aliphatic rings. The van der Waals surface area contributed by atoms with Crippen molar-refractivity contribution in [1.82, 2.24) is 19.4 Å². The van der Waals surface area contributed by atoms with Crippen LogP contribution in [0.2, 0.25) is 0 Å². The summed E-state index contributed by atoms with van der Waals surface area (Å²) in [5, 5.41) is 2.63. The van der Waals surface area contributed by atoms with E-state index in [9.17, 15) is 13.6 Å². The molecule has 8 nitrogen and oxygen atoms in total. The van der Waals surface area contributed by atoms with Crippen LogP contribution in [0.1, 0.15) is 28.7 Å². The molecule has 0 atom stereocenters. The number of aromatic nitrogens is 4. The Bertz CT molecular complexity index is 1380. The van der Waals surface area contributed by atoms with Crippen LogP contribution in [0, 0.1) is 6.92 Å². The number of fused-ring (bicyclic) bond motifs is 1. The molecule has 0 unspecified atom stereocenters. The standard InChI is InChI=1S/C25H24F2N6O2/c1-16-19(18-13-21(32-9-11-35-12-10-32)23-29-7-8-33(23)15-18)14-20(22(30-16)25(2,26)27)31-24(34)17-3-5-28-6-4-17/h3-8,13-15H,9-12H2,1-2H3,(H,31,34). The lowest BCUT2D eigenvalue weighted by atomic mass is 10.0. The smallest absolute Gasteiger partial charge is 0.289 e. The van der Waals surface area contributed by atoms with E-state index in [1.54, 1.807) is 19.2 Å². The fourth-order valence-electron chi connectivity index (χ4n) is 4.22. The van der Waals surface area contributed by atoms with Crippen molar-refractivity contribution in [3.63, 3.8) is 0 Å². The van der Waals surface area contributed by atoms with Gasteiger partial charge in [0.2, 0.25) is 0 Å². The van der Waals surface area contributed by atoms with Crippen LogP contribution in [0.25, 0.3) is 16.8 Å². The van der Waals surface area contributed by atoms with Gasteiger partial charge in [-0.25, -0.2) is 9.97 Å². The number of halogens is 2. The SMILES string of the molecule is Cc1nc(C(C)(F)F)c(NC(=O)c2ccncc2)cc1-c1cc(N2CCOCC2)c2nccn2c1. The Morgan fingerprint density at radius 2 is 1.89 bits per heavy atom. The molecule has 0 spiro atoms. The van der Waals surface area contributed by atoms with Crippen molar-refractivity contribution in [2.75, 3.05) is 36.5 Å². The minimum Gasteiger partial charge on any atom is -0.378 e. The molecule has 0 bridgehead atoms. The van der Waals surface area contributed by atoms with Crippen molar-refractivity contribution in [3.05, 3.63) is 72.2 Å². The normalized spacial score (nSPS) is 14.3. The topological polar surface area (TPSA) is 84.7 Å². The average molecular weight is 479 g/mol. The molecule has 0 aromatic carbocycles. The van der Waals surface area contributed by atoms with Crippen LogP contribution in [0.5, 0.6) is 0 Å². The van der Waals surface area contributed by atoms with Crippen LogP contribution in [0.3, 0.4) is 0 Å². The minimum atomic E-state index is -3.25. The number of nitrogens with zero attached hydrogens (tertiary/aromatic N) is 5. The fraction of sp³-hybridized carbons (Fsp3) is 0.280. The van der Waals surface area contributed by atoms with Gasteiger partial charge in [0.1, 0.15) is 5.69 Å². The van der Waals surface area contributed by atoms with Crippen molar-refractivity contribution >= 4 is 22.9 Å². The lowest BCUT2D eigenvalue weighted by molar-refractivity contribution is 0.0135. The van der Waals surface area contributed by atoms with Gasteiger partial charge < -0.3 is 19.4 Å². The zero-order valence-corrected chi connectivity index (χ0v) is 19.3. The molecule has 1 aliphatic heterocycles. The van der Waals surface area contributed by atoms with Gasteiger partial charge in [-0.05, 0) is 31.2 Å². The maximum Gasteiger partial charge on any atom is 0.289 e. The molecule has 1 saturated heterocycles. The molecule has 1 N–H and O–H groups in total. The first-order valence-corrected chi connectivity index (χ1v) is 11.2. The highest BCUT2D eigenvalue weighted by Gasteiger charge is 2.32. The van der Waals surface area contributed by atoms with Gasteiger partial charge in [-0.15, -0.1) is 0 Å². The number of morpholine rings is 1. The molecule has 180 valence electrons. The van der Waals surface area contributed by atoms with E-state index in [-0.39, 0.29) is 5.69 Å². The van der Waals surface area contributed by atoms with E-state index in [0.29, 0.717) is 30.0 Å². The number of amides is 1. The Hall–Kier alpha value is -3.92. The number of nitrogens with one attached hydrogen (secondary N) is 1. The number of alkyl halides is 2. The molecule has 0 saturated carbocycles. The van der Waals surface area contributed by atoms with Crippen LogP contribution >= 0.6 is 0 Å². The second kappa shape index (κ2) is 9.03. The summed E-state index contributed by atoms with van der Waals surface area (Å²) in [5.74, 6) is -3.77. The number of aryl methyl sites for hydroxylation is 1. The van der Waals surface area contributed by atoms with E-state index in [0.717, 1.165) is 36.9 Å². The molecule has 4 aromatic rings. The molecule has 0 radical (unpaired) electrons. The number of ether oxygens (including phenoxy) is 1. The number of imidazole rings is 1. The van der Waals surface area contributed by atoms with Gasteiger partial charge in [0, 0.05) is 73.4 Å². The largest absolute Gasteiger partial charge is 0.378 e. The zero-order chi connectivity index (χ0) is 24.6. The van der Waals surface area contributed by atoms with Crippen molar-refractivity contribution in [1.29, 1.82) is 0 Å². The first kappa shape index (κ1) is 22.9. The Morgan fingerprint density at radius 1 is 1.14 bits per heavy atom. The molecule has 4 aromatic heterocycles. The second-order valence-electron chi connectivity index (χ2n) is 8.47. The number of rotatable bonds is 5. The Morgan fingerprint density at radius 3 is 2.60 bits per heavy atom. The number of carbonyl (C=O) groups excluding carboxylic acids is 1. The van der Waals surface area contributed by atoms with Gasteiger partial charge in [-0.1, -0.05) is 0 Å². The van der Waals surface area contributed by atoms with Gasteiger partial charge in [-0.2, -0.15) is 8.78 Å². The maximum atomic E-state index is 14.5. The van der Waals surface area contributed by atoms with Gasteiger partial charge in [-0.3, -0.25) is 9.78 Å². The highest BCUT2D eigenvalue weighted by Crippen LogP contribution is 2.37. The Balaban J connectivity index is 1.62. The molecule has 1 fully saturated rings. The van der Waals surface area contributed by atoms with Crippen LogP contribution in [-0.4, -0.2) is 51.6 Å². The zero-order valence-electron chi connectivity index (χ0n) is 19.3. The van der Waals surface area contributed by atoms with Crippen LogP contribution in [0.4, 0.5) is 20.2 Å². The summed E-state index contributed by atoms with van der Waals surface area (Å²) in [6.07, 6.45) is 8.38. The van der Waals surface area contributed by atoms with Gasteiger partial charge in [0.25, 0.3) is 11.8 Å². The van der Waals surface area contributed by atoms with E-state index < -0.39 is 17.5 Å². The van der Waals surface area contributed by atoms with E-state index in [2.05, 4.69) is 25.2 Å². The van der Waals surface area contributed by atoms with Gasteiger partial charge in [0.05, 0.1) is 24.6 Å². The maximum absolute atomic E-state index is 14.5. The van der Waals surface area contributed by atoms with Crippen molar-refractivity contribution in [2.24, 2.45) is 0 Å². The number of carbonyl (C=O) groups is 1. The van der Waals surface area contributed by atoms with Crippen molar-refractivity contribution in [3.8, 4) is 11.1 Å². The molecular weight excluding hydrogens is 454 g/mol. The molecule has 35 heavy (non-hydrogen) atoms. The quantitative estimate of drug-likeness (QED) is 0.461. The van der Waals surface area contributed by atoms with E-state index >= 15 is 0 Å². The first-order valence-electron chi connectivity index (χ1n) is 11.2. The molecule has 1 amide bonds. The van der Waals surface area contributed by atoms with Gasteiger partial charge >= 0.3 is 0 Å². The highest BCUT2D eigenvalue weighted by atomic mass is 19.3. The van der Waals surface area contributed by atoms with Crippen LogP contribution < -0.4 is 10.2 Å². The van der Waals surface area contributed by atoms with Gasteiger partial charge in [0.15, 0.2) is 5.65 Å². The summed E-state index contributed by atoms with van der Waals surface area (Å²) in [6.45, 7) is 5.12. The Kier molecular flexibility index (Phi) is 5.89. The molecule has 10 heteroatoms. The lowest BCUT2D eigenvalue weighted by Crippen LogP contribution is -2.36. The van der Waals surface area contributed by atoms with E-state index in [1.807, 2.05) is 22.9 Å². The minimum absolute atomic E-state index is 0.0430. The number of hydrogen-bond donors (Lipinski definition) is 1. The third kappa shape index (κ3) is 4.57. The second-order valence-corrected chi connectivity index (χ2v) is 8.47. The van der Waals surface area contributed by atoms with Crippen molar-refractivity contribution in [2.45, 2.75) is 19.8 Å². The summed E-state index contributed by atoms with van der Waals surface area (Å²) in [5.41, 5.74) is 3.32. The molecule has 5 heterocycles. The van der Waals surface area contributed by atoms with Crippen LogP contribution in [0.15, 0.2) is 55.2 Å². The monoisotopic (exact) mass is 478 g/mol. The summed E-state index contributed by atoms with van der Waals surface area (Å²) < 4.78 is 36.4. The summed E-state index contributed by atoms with van der Waals surface area (Å²) in [4.78, 5) is 27.6. The van der Waals surface area contributed by atoms with Crippen molar-refractivity contribution < 1.29 is 18.3 Å². The Labute approximate surface area is 200 Å². The lowest BCUT2D eigenvalue weighted by Gasteiger charge is -2.29. The predicted octanol–water partition coefficient (Wildman–Crippen LogP) is 4.30. The first-order chi connectivity index (χ1) is 16.8. The van der Waals surface area contributed by atoms with Crippen LogP contribution in [-0.2, 0) is 10.7 Å². The highest BCUT2D eigenvalue weighted by molar-refractivity contribution is 6.04. The summed E-state index contributed by atoms with van der Waals surface area (Å²) in [7, 11) is 0. The number of hydrogen-bond acceptors (Lipinski definition) is 6. The molecule has 0 aliphatic carbocycles. The number of anilines is 2. The van der Waals surface area contributed by atoms with E-state index in [4.69, 9.17) is 4.74 Å². The number of pyridine rings is 3. The molecular formula is C25H24F2N6O2. The third-order valence-corrected chi connectivity index (χ3v) is 5.95. The average Bonchev–Trinajstić information content (AvgIpc) is 3.33. The third-order valence-electron chi connectivity index (χ3n) is 5.95. The molecule has 5 rings (SSSR count). The summed E-state index contributed by atoms with van der Waals surface area (Å²) in [6, 6.07) is 6.58. The summed E-state index contributed by atoms with van der Waals surface area (Å²) >= 11 is 0. The fourth-order valence-corrected chi connectivity index (χ4v) is 4.22. The van der Waals surface area contributed by atoms with E-state index in [1.165, 1.54) is 24.5 Å².